The molecule has 0 aliphatic carbocycles. The summed E-state index contributed by atoms with van der Waals surface area (Å²) in [6, 6.07) is 5.62. The van der Waals surface area contributed by atoms with Crippen LogP contribution in [0, 0.1) is 0 Å². The summed E-state index contributed by atoms with van der Waals surface area (Å²) in [6.45, 7) is 6.67. The van der Waals surface area contributed by atoms with Gasteiger partial charge in [-0.2, -0.15) is 0 Å². The maximum absolute atomic E-state index is 12.1. The van der Waals surface area contributed by atoms with Crippen LogP contribution in [0.5, 0.6) is 11.5 Å². The fourth-order valence-corrected chi connectivity index (χ4v) is 2.43. The molecule has 0 atom stereocenters. The first-order valence-electron chi connectivity index (χ1n) is 7.99. The quantitative estimate of drug-likeness (QED) is 0.786. The van der Waals surface area contributed by atoms with Gasteiger partial charge in [0.25, 0.3) is 0 Å². The third-order valence-electron chi connectivity index (χ3n) is 3.76. The van der Waals surface area contributed by atoms with Gasteiger partial charge in [0.15, 0.2) is 11.5 Å². The minimum atomic E-state index is -0.499. The van der Waals surface area contributed by atoms with Gasteiger partial charge < -0.3 is 25.0 Å². The first-order chi connectivity index (χ1) is 10.9. The standard InChI is InChI=1S/C17H27N3O3/c1-17(2,19-16(21)18-8-5-9-20(3)4)13-6-7-14-15(12-13)23-11-10-22-14/h6-7,12H,5,8-11H2,1-4H3,(H2,18,19,21). The van der Waals surface area contributed by atoms with Gasteiger partial charge in [0.2, 0.25) is 0 Å². The van der Waals surface area contributed by atoms with Crippen molar-refractivity contribution in [1.29, 1.82) is 0 Å². The lowest BCUT2D eigenvalue weighted by Crippen LogP contribution is -2.46. The molecule has 2 amide bonds. The molecule has 0 saturated carbocycles. The molecule has 1 aromatic rings. The molecule has 2 N–H and O–H groups in total. The molecule has 128 valence electrons. The molecule has 0 unspecified atom stereocenters. The zero-order chi connectivity index (χ0) is 16.9. The third-order valence-corrected chi connectivity index (χ3v) is 3.76. The molecule has 0 fully saturated rings. The average Bonchev–Trinajstić information content (AvgIpc) is 2.50. The molecule has 1 heterocycles. The van der Waals surface area contributed by atoms with Crippen LogP contribution in [0.25, 0.3) is 0 Å². The van der Waals surface area contributed by atoms with E-state index in [0.717, 1.165) is 30.0 Å². The number of nitrogens with one attached hydrogen (secondary N) is 2. The summed E-state index contributed by atoms with van der Waals surface area (Å²) in [5, 5.41) is 5.90. The van der Waals surface area contributed by atoms with E-state index < -0.39 is 5.54 Å². The molecule has 0 aromatic heterocycles. The zero-order valence-electron chi connectivity index (χ0n) is 14.4. The number of hydrogen-bond acceptors (Lipinski definition) is 4. The summed E-state index contributed by atoms with van der Waals surface area (Å²) >= 11 is 0. The maximum Gasteiger partial charge on any atom is 0.315 e. The lowest BCUT2D eigenvalue weighted by molar-refractivity contribution is 0.171. The second-order valence-corrected chi connectivity index (χ2v) is 6.52. The Kier molecular flexibility index (Phi) is 5.71. The lowest BCUT2D eigenvalue weighted by atomic mass is 9.94. The lowest BCUT2D eigenvalue weighted by Gasteiger charge is -2.28. The van der Waals surface area contributed by atoms with Crippen molar-refractivity contribution in [3.63, 3.8) is 0 Å². The first kappa shape index (κ1) is 17.4. The summed E-state index contributed by atoms with van der Waals surface area (Å²) < 4.78 is 11.1. The number of amides is 2. The van der Waals surface area contributed by atoms with Crippen molar-refractivity contribution < 1.29 is 14.3 Å². The molecule has 0 radical (unpaired) electrons. The van der Waals surface area contributed by atoms with Gasteiger partial charge in [0, 0.05) is 6.54 Å². The van der Waals surface area contributed by atoms with Crippen LogP contribution >= 0.6 is 0 Å². The molecular formula is C17H27N3O3. The number of urea groups is 1. The normalized spacial score (nSPS) is 13.8. The van der Waals surface area contributed by atoms with E-state index in [1.807, 2.05) is 46.1 Å². The van der Waals surface area contributed by atoms with E-state index in [1.165, 1.54) is 0 Å². The number of nitrogens with zero attached hydrogens (tertiary/aromatic N) is 1. The minimum absolute atomic E-state index is 0.163. The van der Waals surface area contributed by atoms with Crippen LogP contribution in [0.1, 0.15) is 25.8 Å². The number of benzene rings is 1. The Morgan fingerprint density at radius 3 is 2.61 bits per heavy atom. The molecule has 0 bridgehead atoms. The summed E-state index contributed by atoms with van der Waals surface area (Å²) in [4.78, 5) is 14.2. The van der Waals surface area contributed by atoms with Crippen LogP contribution in [0.3, 0.4) is 0 Å². The third kappa shape index (κ3) is 5.03. The molecule has 1 aliphatic heterocycles. The van der Waals surface area contributed by atoms with E-state index in [9.17, 15) is 4.79 Å². The van der Waals surface area contributed by atoms with E-state index in [0.29, 0.717) is 19.8 Å². The predicted molar refractivity (Wildman–Crippen MR) is 90.2 cm³/mol. The van der Waals surface area contributed by atoms with Crippen LogP contribution in [0.2, 0.25) is 0 Å². The van der Waals surface area contributed by atoms with Crippen molar-refractivity contribution in [2.75, 3.05) is 40.4 Å². The number of rotatable bonds is 6. The summed E-state index contributed by atoms with van der Waals surface area (Å²) in [7, 11) is 4.04. The number of hydrogen-bond donors (Lipinski definition) is 2. The van der Waals surface area contributed by atoms with Crippen molar-refractivity contribution in [2.45, 2.75) is 25.8 Å². The van der Waals surface area contributed by atoms with Gasteiger partial charge in [-0.3, -0.25) is 0 Å². The van der Waals surface area contributed by atoms with Crippen molar-refractivity contribution in [3.05, 3.63) is 23.8 Å². The highest BCUT2D eigenvalue weighted by Gasteiger charge is 2.25. The second-order valence-electron chi connectivity index (χ2n) is 6.52. The first-order valence-corrected chi connectivity index (χ1v) is 7.99. The summed E-state index contributed by atoms with van der Waals surface area (Å²) in [5.74, 6) is 1.49. The highest BCUT2D eigenvalue weighted by molar-refractivity contribution is 5.75. The Bertz CT molecular complexity index is 544. The Morgan fingerprint density at radius 2 is 1.91 bits per heavy atom. The predicted octanol–water partition coefficient (Wildman–Crippen LogP) is 1.94. The smallest absolute Gasteiger partial charge is 0.315 e. The van der Waals surface area contributed by atoms with Gasteiger partial charge in [-0.25, -0.2) is 4.79 Å². The number of carbonyl (C=O) groups is 1. The highest BCUT2D eigenvalue weighted by Crippen LogP contribution is 2.34. The van der Waals surface area contributed by atoms with Gasteiger partial charge in [-0.1, -0.05) is 6.07 Å². The van der Waals surface area contributed by atoms with E-state index in [1.54, 1.807) is 0 Å². The van der Waals surface area contributed by atoms with E-state index in [2.05, 4.69) is 15.5 Å². The largest absolute Gasteiger partial charge is 0.486 e. The topological polar surface area (TPSA) is 62.8 Å². The summed E-state index contributed by atoms with van der Waals surface area (Å²) in [6.07, 6.45) is 0.922. The van der Waals surface area contributed by atoms with E-state index >= 15 is 0 Å². The average molecular weight is 321 g/mol. The van der Waals surface area contributed by atoms with Gasteiger partial charge in [-0.15, -0.1) is 0 Å². The molecule has 6 heteroatoms. The Hall–Kier alpha value is -1.95. The van der Waals surface area contributed by atoms with Crippen molar-refractivity contribution in [2.24, 2.45) is 0 Å². The van der Waals surface area contributed by atoms with Gasteiger partial charge in [0.1, 0.15) is 13.2 Å². The van der Waals surface area contributed by atoms with E-state index in [-0.39, 0.29) is 6.03 Å². The minimum Gasteiger partial charge on any atom is -0.486 e. The van der Waals surface area contributed by atoms with Crippen molar-refractivity contribution in [3.8, 4) is 11.5 Å². The SMILES string of the molecule is CN(C)CCCNC(=O)NC(C)(C)c1ccc2c(c1)OCCO2. The Balaban J connectivity index is 1.91. The van der Waals surface area contributed by atoms with Crippen molar-refractivity contribution >= 4 is 6.03 Å². The van der Waals surface area contributed by atoms with Crippen LogP contribution in [-0.2, 0) is 5.54 Å². The zero-order valence-corrected chi connectivity index (χ0v) is 14.4. The highest BCUT2D eigenvalue weighted by atomic mass is 16.6. The van der Waals surface area contributed by atoms with Gasteiger partial charge in [0.05, 0.1) is 5.54 Å². The Labute approximate surface area is 138 Å². The van der Waals surface area contributed by atoms with E-state index in [4.69, 9.17) is 9.47 Å². The Morgan fingerprint density at radius 1 is 1.22 bits per heavy atom. The van der Waals surface area contributed by atoms with Gasteiger partial charge >= 0.3 is 6.03 Å². The molecular weight excluding hydrogens is 294 g/mol. The molecule has 0 spiro atoms. The maximum atomic E-state index is 12.1. The number of carbonyl (C=O) groups excluding carboxylic acids is 1. The second kappa shape index (κ2) is 7.55. The van der Waals surface area contributed by atoms with Gasteiger partial charge in [-0.05, 0) is 58.6 Å². The number of fused-ring (bicyclic) bond motifs is 1. The number of ether oxygens (including phenoxy) is 2. The monoisotopic (exact) mass is 321 g/mol. The van der Waals surface area contributed by atoms with Crippen molar-refractivity contribution in [1.82, 2.24) is 15.5 Å². The molecule has 1 aromatic carbocycles. The van der Waals surface area contributed by atoms with Crippen LogP contribution in [0.15, 0.2) is 18.2 Å². The molecule has 6 nitrogen and oxygen atoms in total. The molecule has 0 saturated heterocycles. The van der Waals surface area contributed by atoms with Crippen LogP contribution in [0.4, 0.5) is 4.79 Å². The summed E-state index contributed by atoms with van der Waals surface area (Å²) in [5.41, 5.74) is 0.478. The van der Waals surface area contributed by atoms with Crippen LogP contribution < -0.4 is 20.1 Å². The fourth-order valence-electron chi connectivity index (χ4n) is 2.43. The van der Waals surface area contributed by atoms with Crippen LogP contribution in [-0.4, -0.2) is 51.3 Å². The molecule has 2 rings (SSSR count). The molecule has 1 aliphatic rings. The fraction of sp³-hybridized carbons (Fsp3) is 0.588. The molecule has 23 heavy (non-hydrogen) atoms.